The van der Waals surface area contributed by atoms with Crippen molar-refractivity contribution in [2.24, 2.45) is 0 Å². The van der Waals surface area contributed by atoms with E-state index in [0.29, 0.717) is 6.54 Å². The number of nitro groups is 1. The van der Waals surface area contributed by atoms with Crippen LogP contribution in [-0.4, -0.2) is 14.9 Å². The molecule has 3 aromatic rings. The van der Waals surface area contributed by atoms with Gasteiger partial charge in [0, 0.05) is 12.2 Å². The smallest absolute Gasteiger partial charge is 0.353 e. The third kappa shape index (κ3) is 3.94. The van der Waals surface area contributed by atoms with Crippen LogP contribution in [-0.2, 0) is 13.0 Å². The number of aromatic nitrogens is 2. The first kappa shape index (κ1) is 17.3. The summed E-state index contributed by atoms with van der Waals surface area (Å²) in [7, 11) is 0. The largest absolute Gasteiger partial charge is 0.360 e. The van der Waals surface area contributed by atoms with Crippen LogP contribution in [0, 0.1) is 10.1 Å². The summed E-state index contributed by atoms with van der Waals surface area (Å²) in [4.78, 5) is 19.3. The molecule has 0 bridgehead atoms. The van der Waals surface area contributed by atoms with Gasteiger partial charge in [0.05, 0.1) is 4.92 Å². The van der Waals surface area contributed by atoms with Crippen molar-refractivity contribution in [1.29, 1.82) is 0 Å². The Morgan fingerprint density at radius 1 is 1.00 bits per heavy atom. The molecule has 0 fully saturated rings. The van der Waals surface area contributed by atoms with Crippen LogP contribution in [0.1, 0.15) is 18.1 Å². The summed E-state index contributed by atoms with van der Waals surface area (Å²) in [5.41, 5.74) is 2.69. The molecule has 7 heteroatoms. The van der Waals surface area contributed by atoms with E-state index >= 15 is 0 Å². The van der Waals surface area contributed by atoms with Crippen molar-refractivity contribution < 1.29 is 4.92 Å². The average molecular weight is 349 g/mol. The van der Waals surface area contributed by atoms with Crippen molar-refractivity contribution in [2.75, 3.05) is 10.6 Å². The van der Waals surface area contributed by atoms with Gasteiger partial charge in [-0.05, 0) is 23.6 Å². The molecule has 0 unspecified atom stereocenters. The molecule has 0 amide bonds. The number of rotatable bonds is 7. The lowest BCUT2D eigenvalue weighted by atomic mass is 10.1. The quantitative estimate of drug-likeness (QED) is 0.488. The second kappa shape index (κ2) is 8.06. The molecular weight excluding hydrogens is 330 g/mol. The highest BCUT2D eigenvalue weighted by atomic mass is 16.6. The number of nitrogens with one attached hydrogen (secondary N) is 2. The van der Waals surface area contributed by atoms with Gasteiger partial charge in [0.25, 0.3) is 0 Å². The number of aryl methyl sites for hydroxylation is 1. The standard InChI is InChI=1S/C19H19N5O2/c1-2-15-10-6-7-11-16(15)23-19-17(24(25)26)18(21-13-22-19)20-12-14-8-4-3-5-9-14/h3-11,13H,2,12H2,1H3,(H2,20,21,22,23). The summed E-state index contributed by atoms with van der Waals surface area (Å²) < 4.78 is 0. The highest BCUT2D eigenvalue weighted by Crippen LogP contribution is 2.32. The minimum Gasteiger partial charge on any atom is -0.360 e. The molecule has 0 aliphatic carbocycles. The van der Waals surface area contributed by atoms with Crippen molar-refractivity contribution >= 4 is 23.0 Å². The van der Waals surface area contributed by atoms with E-state index in [2.05, 4.69) is 20.6 Å². The molecule has 2 aromatic carbocycles. The predicted molar refractivity (Wildman–Crippen MR) is 102 cm³/mol. The van der Waals surface area contributed by atoms with E-state index in [-0.39, 0.29) is 17.3 Å². The average Bonchev–Trinajstić information content (AvgIpc) is 2.67. The van der Waals surface area contributed by atoms with Crippen LogP contribution in [0.25, 0.3) is 0 Å². The Morgan fingerprint density at radius 2 is 1.69 bits per heavy atom. The number of anilines is 3. The van der Waals surface area contributed by atoms with Crippen LogP contribution >= 0.6 is 0 Å². The van der Waals surface area contributed by atoms with Crippen LogP contribution in [0.4, 0.5) is 23.0 Å². The lowest BCUT2D eigenvalue weighted by molar-refractivity contribution is -0.383. The Labute approximate surface area is 151 Å². The molecule has 3 rings (SSSR count). The Morgan fingerprint density at radius 3 is 2.42 bits per heavy atom. The van der Waals surface area contributed by atoms with Gasteiger partial charge in [0.15, 0.2) is 0 Å². The summed E-state index contributed by atoms with van der Waals surface area (Å²) >= 11 is 0. The fourth-order valence-electron chi connectivity index (χ4n) is 2.63. The lowest BCUT2D eigenvalue weighted by Gasteiger charge is -2.12. The number of hydrogen-bond donors (Lipinski definition) is 2. The lowest BCUT2D eigenvalue weighted by Crippen LogP contribution is -2.08. The minimum atomic E-state index is -0.468. The molecule has 0 saturated carbocycles. The van der Waals surface area contributed by atoms with Crippen LogP contribution < -0.4 is 10.6 Å². The van der Waals surface area contributed by atoms with E-state index in [9.17, 15) is 10.1 Å². The summed E-state index contributed by atoms with van der Waals surface area (Å²) in [5, 5.41) is 17.8. The van der Waals surface area contributed by atoms with E-state index in [1.165, 1.54) is 6.33 Å². The number of hydrogen-bond acceptors (Lipinski definition) is 6. The summed E-state index contributed by atoms with van der Waals surface area (Å²) in [6.07, 6.45) is 2.12. The summed E-state index contributed by atoms with van der Waals surface area (Å²) in [6, 6.07) is 17.3. The summed E-state index contributed by atoms with van der Waals surface area (Å²) in [5.74, 6) is 0.354. The Balaban J connectivity index is 1.90. The molecule has 0 aliphatic rings. The monoisotopic (exact) mass is 349 g/mol. The molecule has 2 N–H and O–H groups in total. The third-order valence-electron chi connectivity index (χ3n) is 3.96. The van der Waals surface area contributed by atoms with E-state index in [4.69, 9.17) is 0 Å². The summed E-state index contributed by atoms with van der Waals surface area (Å²) in [6.45, 7) is 2.46. The molecule has 0 saturated heterocycles. The van der Waals surface area contributed by atoms with E-state index < -0.39 is 4.92 Å². The number of benzene rings is 2. The van der Waals surface area contributed by atoms with Crippen LogP contribution in [0.3, 0.4) is 0 Å². The Hall–Kier alpha value is -3.48. The molecular formula is C19H19N5O2. The van der Waals surface area contributed by atoms with Gasteiger partial charge in [-0.3, -0.25) is 10.1 Å². The van der Waals surface area contributed by atoms with Gasteiger partial charge in [-0.2, -0.15) is 0 Å². The molecule has 0 radical (unpaired) electrons. The first-order valence-electron chi connectivity index (χ1n) is 8.31. The van der Waals surface area contributed by atoms with Crippen LogP contribution in [0.5, 0.6) is 0 Å². The third-order valence-corrected chi connectivity index (χ3v) is 3.96. The number of para-hydroxylation sites is 1. The van der Waals surface area contributed by atoms with Gasteiger partial charge >= 0.3 is 5.69 Å². The molecule has 7 nitrogen and oxygen atoms in total. The molecule has 26 heavy (non-hydrogen) atoms. The first-order chi connectivity index (χ1) is 12.7. The van der Waals surface area contributed by atoms with Gasteiger partial charge in [-0.25, -0.2) is 9.97 Å². The molecule has 0 aliphatic heterocycles. The maximum Gasteiger partial charge on any atom is 0.353 e. The van der Waals surface area contributed by atoms with Gasteiger partial charge in [-0.1, -0.05) is 55.5 Å². The zero-order chi connectivity index (χ0) is 18.4. The molecule has 1 heterocycles. The molecule has 0 atom stereocenters. The topological polar surface area (TPSA) is 93.0 Å². The van der Waals surface area contributed by atoms with E-state index in [1.807, 2.05) is 61.5 Å². The first-order valence-corrected chi connectivity index (χ1v) is 8.31. The predicted octanol–water partition coefficient (Wildman–Crippen LogP) is 4.30. The normalized spacial score (nSPS) is 10.3. The van der Waals surface area contributed by atoms with Gasteiger partial charge in [-0.15, -0.1) is 0 Å². The maximum absolute atomic E-state index is 11.6. The Bertz CT molecular complexity index is 899. The zero-order valence-corrected chi connectivity index (χ0v) is 14.3. The fraction of sp³-hybridized carbons (Fsp3) is 0.158. The minimum absolute atomic E-state index is 0.168. The highest BCUT2D eigenvalue weighted by molar-refractivity contribution is 5.74. The molecule has 132 valence electrons. The SMILES string of the molecule is CCc1ccccc1Nc1ncnc(NCc2ccccc2)c1[N+](=O)[O-]. The van der Waals surface area contributed by atoms with E-state index in [0.717, 1.165) is 23.2 Å². The zero-order valence-electron chi connectivity index (χ0n) is 14.3. The maximum atomic E-state index is 11.6. The fourth-order valence-corrected chi connectivity index (χ4v) is 2.63. The van der Waals surface area contributed by atoms with E-state index in [1.54, 1.807) is 0 Å². The molecule has 0 spiro atoms. The number of nitrogens with zero attached hydrogens (tertiary/aromatic N) is 3. The van der Waals surface area contributed by atoms with Gasteiger partial charge in [0.1, 0.15) is 6.33 Å². The second-order valence-corrected chi connectivity index (χ2v) is 5.65. The van der Waals surface area contributed by atoms with Crippen LogP contribution in [0.15, 0.2) is 60.9 Å². The van der Waals surface area contributed by atoms with Crippen molar-refractivity contribution in [3.05, 3.63) is 82.2 Å². The van der Waals surface area contributed by atoms with Gasteiger partial charge < -0.3 is 10.6 Å². The second-order valence-electron chi connectivity index (χ2n) is 5.65. The van der Waals surface area contributed by atoms with Crippen molar-refractivity contribution in [1.82, 2.24) is 9.97 Å². The highest BCUT2D eigenvalue weighted by Gasteiger charge is 2.23. The Kier molecular flexibility index (Phi) is 5.38. The van der Waals surface area contributed by atoms with Crippen LogP contribution in [0.2, 0.25) is 0 Å². The van der Waals surface area contributed by atoms with Crippen molar-refractivity contribution in [2.45, 2.75) is 19.9 Å². The van der Waals surface area contributed by atoms with Crippen molar-refractivity contribution in [3.63, 3.8) is 0 Å². The molecule has 1 aromatic heterocycles. The van der Waals surface area contributed by atoms with Gasteiger partial charge in [0.2, 0.25) is 11.6 Å². The van der Waals surface area contributed by atoms with Crippen molar-refractivity contribution in [3.8, 4) is 0 Å².